The molecule has 1 amide bonds. The van der Waals surface area contributed by atoms with Gasteiger partial charge in [0.15, 0.2) is 15.7 Å². The van der Waals surface area contributed by atoms with Gasteiger partial charge in [0.2, 0.25) is 5.91 Å². The van der Waals surface area contributed by atoms with Crippen LogP contribution in [0, 0.1) is 10.1 Å². The Labute approximate surface area is 206 Å². The third kappa shape index (κ3) is 5.39. The molecule has 0 bridgehead atoms. The lowest BCUT2D eigenvalue weighted by molar-refractivity contribution is -0.385. The van der Waals surface area contributed by atoms with Gasteiger partial charge in [-0.05, 0) is 36.4 Å². The molecule has 0 aliphatic rings. The molecule has 0 saturated heterocycles. The molecular weight excluding hydrogens is 486 g/mol. The first kappa shape index (κ1) is 24.5. The Morgan fingerprint density at radius 3 is 2.42 bits per heavy atom. The van der Waals surface area contributed by atoms with Gasteiger partial charge in [-0.25, -0.2) is 18.4 Å². The zero-order chi connectivity index (χ0) is 25.9. The molecule has 0 spiro atoms. The number of nitrogens with zero attached hydrogens (tertiary/aromatic N) is 3. The number of fused-ring (bicyclic) bond motifs is 1. The van der Waals surface area contributed by atoms with Gasteiger partial charge in [0.1, 0.15) is 11.5 Å². The van der Waals surface area contributed by atoms with E-state index in [4.69, 9.17) is 4.74 Å². The van der Waals surface area contributed by atoms with Crippen molar-refractivity contribution in [1.29, 1.82) is 0 Å². The maximum absolute atomic E-state index is 13.2. The Hall–Kier alpha value is -4.58. The fourth-order valence-corrected chi connectivity index (χ4v) is 4.82. The summed E-state index contributed by atoms with van der Waals surface area (Å²) in [7, 11) is -2.56. The van der Waals surface area contributed by atoms with Crippen LogP contribution in [0.15, 0.2) is 71.6 Å². The largest absolute Gasteiger partial charge is 0.495 e. The smallest absolute Gasteiger partial charge is 0.270 e. The topological polar surface area (TPSA) is 153 Å². The van der Waals surface area contributed by atoms with Gasteiger partial charge in [-0.2, -0.15) is 0 Å². The molecule has 36 heavy (non-hydrogen) atoms. The van der Waals surface area contributed by atoms with E-state index < -0.39 is 20.5 Å². The minimum atomic E-state index is -4.03. The minimum Gasteiger partial charge on any atom is -0.495 e. The third-order valence-electron chi connectivity index (χ3n) is 5.13. The second-order valence-electron chi connectivity index (χ2n) is 7.74. The van der Waals surface area contributed by atoms with Crippen LogP contribution in [-0.4, -0.2) is 36.3 Å². The lowest BCUT2D eigenvalue weighted by Gasteiger charge is -2.16. The van der Waals surface area contributed by atoms with E-state index in [2.05, 4.69) is 20.6 Å². The molecule has 0 unspecified atom stereocenters. The van der Waals surface area contributed by atoms with Crippen LogP contribution in [0.3, 0.4) is 0 Å². The summed E-state index contributed by atoms with van der Waals surface area (Å²) in [5.74, 6) is -0.255. The number of methoxy groups -OCH3 is 1. The van der Waals surface area contributed by atoms with Crippen LogP contribution in [0.2, 0.25) is 0 Å². The first-order chi connectivity index (χ1) is 17.2. The highest BCUT2D eigenvalue weighted by atomic mass is 32.2. The molecule has 11 nitrogen and oxygen atoms in total. The summed E-state index contributed by atoms with van der Waals surface area (Å²) in [6, 6.07) is 16.7. The number of amides is 1. The Morgan fingerprint density at radius 1 is 1.03 bits per heavy atom. The van der Waals surface area contributed by atoms with Crippen LogP contribution in [0.25, 0.3) is 11.0 Å². The molecule has 12 heteroatoms. The van der Waals surface area contributed by atoms with Gasteiger partial charge in [0, 0.05) is 24.7 Å². The summed E-state index contributed by atoms with van der Waals surface area (Å²) in [6.07, 6.45) is 0. The highest BCUT2D eigenvalue weighted by Crippen LogP contribution is 2.32. The number of benzene rings is 3. The number of ether oxygens (including phenoxy) is 1. The maximum Gasteiger partial charge on any atom is 0.270 e. The first-order valence-corrected chi connectivity index (χ1v) is 12.3. The standard InChI is InChI=1S/C24H21N5O6S/c1-15(30)25-16-10-11-23(35-2)21(12-16)28-24-22(26-19-8-3-4-9-20(19)27-24)14-36(33,34)18-7-5-6-17(13-18)29(31)32/h3-13H,14H2,1-2H3,(H,25,30)(H,27,28). The van der Waals surface area contributed by atoms with Gasteiger partial charge >= 0.3 is 0 Å². The van der Waals surface area contributed by atoms with Crippen LogP contribution < -0.4 is 15.4 Å². The molecule has 4 rings (SSSR count). The Morgan fingerprint density at radius 2 is 1.75 bits per heavy atom. The average molecular weight is 508 g/mol. The van der Waals surface area contributed by atoms with Gasteiger partial charge in [-0.15, -0.1) is 0 Å². The number of carbonyl (C=O) groups is 1. The van der Waals surface area contributed by atoms with Gasteiger partial charge in [-0.3, -0.25) is 14.9 Å². The Balaban J connectivity index is 1.79. The molecule has 4 aromatic rings. The molecule has 0 aliphatic carbocycles. The van der Waals surface area contributed by atoms with Crippen molar-refractivity contribution < 1.29 is 22.9 Å². The molecule has 0 radical (unpaired) electrons. The van der Waals surface area contributed by atoms with Crippen LogP contribution in [0.4, 0.5) is 22.9 Å². The molecule has 1 heterocycles. The van der Waals surface area contributed by atoms with Crippen molar-refractivity contribution in [3.8, 4) is 5.75 Å². The highest BCUT2D eigenvalue weighted by molar-refractivity contribution is 7.90. The van der Waals surface area contributed by atoms with Crippen LogP contribution >= 0.6 is 0 Å². The summed E-state index contributed by atoms with van der Waals surface area (Å²) in [6.45, 7) is 1.38. The number of para-hydroxylation sites is 2. The lowest BCUT2D eigenvalue weighted by Crippen LogP contribution is -2.11. The Kier molecular flexibility index (Phi) is 6.79. The summed E-state index contributed by atoms with van der Waals surface area (Å²) < 4.78 is 31.9. The number of non-ortho nitro benzene ring substituents is 1. The highest BCUT2D eigenvalue weighted by Gasteiger charge is 2.23. The number of hydrogen-bond donors (Lipinski definition) is 2. The predicted molar refractivity (Wildman–Crippen MR) is 134 cm³/mol. The van der Waals surface area contributed by atoms with Crippen LogP contribution in [0.1, 0.15) is 12.6 Å². The Bertz CT molecular complexity index is 1590. The van der Waals surface area contributed by atoms with E-state index in [-0.39, 0.29) is 28.0 Å². The summed E-state index contributed by atoms with van der Waals surface area (Å²) in [5.41, 5.74) is 1.68. The van der Waals surface area contributed by atoms with Gasteiger partial charge in [0.05, 0.1) is 39.3 Å². The summed E-state index contributed by atoms with van der Waals surface area (Å²) in [5, 5.41) is 16.9. The number of nitrogens with one attached hydrogen (secondary N) is 2. The number of aromatic nitrogens is 2. The van der Waals surface area contributed by atoms with Crippen molar-refractivity contribution >= 4 is 49.7 Å². The van der Waals surface area contributed by atoms with Gasteiger partial charge in [-0.1, -0.05) is 18.2 Å². The molecule has 0 aliphatic heterocycles. The number of sulfone groups is 1. The van der Waals surface area contributed by atoms with E-state index >= 15 is 0 Å². The van der Waals surface area contributed by atoms with Crippen molar-refractivity contribution in [2.24, 2.45) is 0 Å². The van der Waals surface area contributed by atoms with Crippen molar-refractivity contribution in [3.63, 3.8) is 0 Å². The zero-order valence-corrected chi connectivity index (χ0v) is 20.1. The molecule has 0 atom stereocenters. The fourth-order valence-electron chi connectivity index (χ4n) is 3.51. The van der Waals surface area contributed by atoms with Gasteiger partial charge in [0.25, 0.3) is 5.69 Å². The van der Waals surface area contributed by atoms with Crippen molar-refractivity contribution in [3.05, 3.63) is 82.5 Å². The van der Waals surface area contributed by atoms with Crippen molar-refractivity contribution in [1.82, 2.24) is 9.97 Å². The maximum atomic E-state index is 13.2. The first-order valence-electron chi connectivity index (χ1n) is 10.6. The summed E-state index contributed by atoms with van der Waals surface area (Å²) in [4.78, 5) is 30.9. The van der Waals surface area contributed by atoms with E-state index in [0.29, 0.717) is 28.2 Å². The fraction of sp³-hybridized carbons (Fsp3) is 0.125. The minimum absolute atomic E-state index is 0.104. The zero-order valence-electron chi connectivity index (χ0n) is 19.3. The van der Waals surface area contributed by atoms with E-state index in [9.17, 15) is 23.3 Å². The van der Waals surface area contributed by atoms with Crippen molar-refractivity contribution in [2.45, 2.75) is 17.6 Å². The molecule has 184 valence electrons. The quantitative estimate of drug-likeness (QED) is 0.263. The number of nitro groups is 1. The SMILES string of the molecule is COc1ccc(NC(C)=O)cc1Nc1nc2ccccc2nc1CS(=O)(=O)c1cccc([N+](=O)[O-])c1. The van der Waals surface area contributed by atoms with E-state index in [1.807, 2.05) is 0 Å². The number of nitro benzene ring substituents is 1. The van der Waals surface area contributed by atoms with Crippen LogP contribution in [-0.2, 0) is 20.4 Å². The van der Waals surface area contributed by atoms with Crippen molar-refractivity contribution in [2.75, 3.05) is 17.7 Å². The van der Waals surface area contributed by atoms with Gasteiger partial charge < -0.3 is 15.4 Å². The third-order valence-corrected chi connectivity index (χ3v) is 6.76. The normalized spacial score (nSPS) is 11.2. The molecule has 1 aromatic heterocycles. The number of rotatable bonds is 8. The number of hydrogen-bond acceptors (Lipinski definition) is 9. The van der Waals surface area contributed by atoms with Crippen LogP contribution in [0.5, 0.6) is 5.75 Å². The van der Waals surface area contributed by atoms with E-state index in [1.165, 1.54) is 32.2 Å². The molecule has 3 aromatic carbocycles. The number of anilines is 3. The molecule has 2 N–H and O–H groups in total. The molecule has 0 saturated carbocycles. The second-order valence-corrected chi connectivity index (χ2v) is 9.73. The number of carbonyl (C=O) groups excluding carboxylic acids is 1. The van der Waals surface area contributed by atoms with E-state index in [0.717, 1.165) is 6.07 Å². The summed E-state index contributed by atoms with van der Waals surface area (Å²) >= 11 is 0. The van der Waals surface area contributed by atoms with E-state index in [1.54, 1.807) is 42.5 Å². The molecule has 0 fully saturated rings. The predicted octanol–water partition coefficient (Wildman–Crippen LogP) is 4.22. The monoisotopic (exact) mass is 507 g/mol. The lowest BCUT2D eigenvalue weighted by atomic mass is 10.2. The average Bonchev–Trinajstić information content (AvgIpc) is 2.84. The second kappa shape index (κ2) is 9.96. The molecular formula is C24H21N5O6S.